The van der Waals surface area contributed by atoms with Crippen molar-refractivity contribution in [2.45, 2.75) is 19.3 Å². The number of hydrogen-bond acceptors (Lipinski definition) is 3. The van der Waals surface area contributed by atoms with Crippen LogP contribution in [0.1, 0.15) is 29.6 Å². The zero-order chi connectivity index (χ0) is 12.7. The third-order valence-electron chi connectivity index (χ3n) is 2.68. The highest BCUT2D eigenvalue weighted by Crippen LogP contribution is 2.22. The summed E-state index contributed by atoms with van der Waals surface area (Å²) in [7, 11) is 1.98. The largest absolute Gasteiger partial charge is 0.396 e. The Morgan fingerprint density at radius 2 is 2.12 bits per heavy atom. The van der Waals surface area contributed by atoms with Gasteiger partial charge in [-0.3, -0.25) is 4.79 Å². The molecule has 0 unspecified atom stereocenters. The molecule has 17 heavy (non-hydrogen) atoms. The van der Waals surface area contributed by atoms with Crippen molar-refractivity contribution in [1.82, 2.24) is 0 Å². The van der Waals surface area contributed by atoms with E-state index in [9.17, 15) is 4.79 Å². The van der Waals surface area contributed by atoms with Gasteiger partial charge in [0.2, 0.25) is 0 Å². The van der Waals surface area contributed by atoms with Crippen LogP contribution in [0.15, 0.2) is 22.7 Å². The average molecular weight is 300 g/mol. The molecular weight excluding hydrogens is 282 g/mol. The fourth-order valence-electron chi connectivity index (χ4n) is 1.73. The van der Waals surface area contributed by atoms with E-state index >= 15 is 0 Å². The van der Waals surface area contributed by atoms with E-state index in [4.69, 9.17) is 5.11 Å². The molecule has 0 radical (unpaired) electrons. The Morgan fingerprint density at radius 1 is 1.35 bits per heavy atom. The molecule has 3 nitrogen and oxygen atoms in total. The number of unbranched alkanes of at least 4 members (excludes halogenated alkanes) is 2. The van der Waals surface area contributed by atoms with Gasteiger partial charge in [-0.05, 0) is 37.5 Å². The summed E-state index contributed by atoms with van der Waals surface area (Å²) in [5.41, 5.74) is 1.65. The van der Waals surface area contributed by atoms with Gasteiger partial charge < -0.3 is 10.0 Å². The summed E-state index contributed by atoms with van der Waals surface area (Å²) in [6.07, 6.45) is 3.75. The molecule has 1 N–H and O–H groups in total. The third-order valence-corrected chi connectivity index (χ3v) is 3.17. The van der Waals surface area contributed by atoms with Gasteiger partial charge in [-0.25, -0.2) is 0 Å². The number of halogens is 1. The molecule has 0 saturated carbocycles. The highest BCUT2D eigenvalue weighted by atomic mass is 79.9. The molecule has 0 saturated heterocycles. The van der Waals surface area contributed by atoms with Crippen molar-refractivity contribution >= 4 is 27.9 Å². The minimum absolute atomic E-state index is 0.252. The molecule has 4 heteroatoms. The first-order valence-electron chi connectivity index (χ1n) is 5.75. The number of nitrogens with zero attached hydrogens (tertiary/aromatic N) is 1. The number of aliphatic hydroxyl groups is 1. The van der Waals surface area contributed by atoms with Gasteiger partial charge in [-0.1, -0.05) is 15.9 Å². The van der Waals surface area contributed by atoms with Crippen molar-refractivity contribution in [3.8, 4) is 0 Å². The third kappa shape index (κ3) is 4.48. The number of carbonyl (C=O) groups excluding carboxylic acids is 1. The molecular formula is C13H18BrNO2. The summed E-state index contributed by atoms with van der Waals surface area (Å²) < 4.78 is 0.914. The molecule has 0 spiro atoms. The van der Waals surface area contributed by atoms with E-state index in [-0.39, 0.29) is 6.61 Å². The van der Waals surface area contributed by atoms with Gasteiger partial charge in [0.15, 0.2) is 6.29 Å². The summed E-state index contributed by atoms with van der Waals surface area (Å²) in [4.78, 5) is 13.1. The molecule has 1 aromatic carbocycles. The maximum atomic E-state index is 11.0. The average Bonchev–Trinajstić information content (AvgIpc) is 2.34. The fourth-order valence-corrected chi connectivity index (χ4v) is 2.10. The molecule has 0 bridgehead atoms. The predicted molar refractivity (Wildman–Crippen MR) is 73.7 cm³/mol. The van der Waals surface area contributed by atoms with Crippen LogP contribution in [0.25, 0.3) is 0 Å². The van der Waals surface area contributed by atoms with Gasteiger partial charge in [0, 0.05) is 35.9 Å². The maximum absolute atomic E-state index is 11.0. The standard InChI is InChI=1S/C13H18BrNO2/c1-15(7-3-2-4-8-16)13-6-5-12(14)9-11(13)10-17/h5-6,9-10,16H,2-4,7-8H2,1H3. The second-order valence-electron chi connectivity index (χ2n) is 4.03. The molecule has 94 valence electrons. The molecule has 0 atom stereocenters. The summed E-state index contributed by atoms with van der Waals surface area (Å²) in [6, 6.07) is 5.71. The molecule has 1 rings (SSSR count). The Labute approximate surface area is 111 Å². The monoisotopic (exact) mass is 299 g/mol. The van der Waals surface area contributed by atoms with Crippen molar-refractivity contribution < 1.29 is 9.90 Å². The number of hydrogen-bond donors (Lipinski definition) is 1. The minimum atomic E-state index is 0.252. The smallest absolute Gasteiger partial charge is 0.152 e. The van der Waals surface area contributed by atoms with Crippen molar-refractivity contribution in [3.05, 3.63) is 28.2 Å². The van der Waals surface area contributed by atoms with E-state index in [2.05, 4.69) is 20.8 Å². The van der Waals surface area contributed by atoms with Gasteiger partial charge in [0.05, 0.1) is 0 Å². The number of aldehydes is 1. The van der Waals surface area contributed by atoms with Crippen LogP contribution in [0, 0.1) is 0 Å². The van der Waals surface area contributed by atoms with Crippen LogP contribution >= 0.6 is 15.9 Å². The first-order valence-corrected chi connectivity index (χ1v) is 6.55. The van der Waals surface area contributed by atoms with Gasteiger partial charge in [0.1, 0.15) is 0 Å². The molecule has 0 aromatic heterocycles. The van der Waals surface area contributed by atoms with Crippen LogP contribution in [0.2, 0.25) is 0 Å². The van der Waals surface area contributed by atoms with Crippen LogP contribution in [0.5, 0.6) is 0 Å². The van der Waals surface area contributed by atoms with Crippen LogP contribution < -0.4 is 4.90 Å². The Bertz CT molecular complexity index is 368. The summed E-state index contributed by atoms with van der Waals surface area (Å²) in [5.74, 6) is 0. The lowest BCUT2D eigenvalue weighted by atomic mass is 10.1. The highest BCUT2D eigenvalue weighted by molar-refractivity contribution is 9.10. The van der Waals surface area contributed by atoms with Crippen molar-refractivity contribution in [3.63, 3.8) is 0 Å². The molecule has 0 aliphatic heterocycles. The molecule has 0 aliphatic carbocycles. The van der Waals surface area contributed by atoms with Crippen LogP contribution in [0.3, 0.4) is 0 Å². The van der Waals surface area contributed by atoms with Gasteiger partial charge in [-0.2, -0.15) is 0 Å². The molecule has 0 aliphatic rings. The molecule has 0 fully saturated rings. The summed E-state index contributed by atoms with van der Waals surface area (Å²) in [5, 5.41) is 8.70. The van der Waals surface area contributed by atoms with Crippen LogP contribution in [-0.2, 0) is 0 Å². The Hall–Kier alpha value is -0.870. The highest BCUT2D eigenvalue weighted by Gasteiger charge is 2.07. The zero-order valence-electron chi connectivity index (χ0n) is 10.0. The normalized spacial score (nSPS) is 10.3. The lowest BCUT2D eigenvalue weighted by molar-refractivity contribution is 0.112. The van der Waals surface area contributed by atoms with Crippen molar-refractivity contribution in [2.75, 3.05) is 25.1 Å². The lowest BCUT2D eigenvalue weighted by Gasteiger charge is -2.21. The topological polar surface area (TPSA) is 40.5 Å². The Balaban J connectivity index is 2.61. The second kappa shape index (κ2) is 7.45. The number of anilines is 1. The Morgan fingerprint density at radius 3 is 2.76 bits per heavy atom. The fraction of sp³-hybridized carbons (Fsp3) is 0.462. The number of benzene rings is 1. The van der Waals surface area contributed by atoms with Gasteiger partial charge in [-0.15, -0.1) is 0 Å². The van der Waals surface area contributed by atoms with Crippen LogP contribution in [0.4, 0.5) is 5.69 Å². The second-order valence-corrected chi connectivity index (χ2v) is 4.94. The van der Waals surface area contributed by atoms with Crippen molar-refractivity contribution in [2.24, 2.45) is 0 Å². The first-order chi connectivity index (χ1) is 8.19. The van der Waals surface area contributed by atoms with E-state index in [0.29, 0.717) is 5.56 Å². The van der Waals surface area contributed by atoms with Gasteiger partial charge >= 0.3 is 0 Å². The Kier molecular flexibility index (Phi) is 6.22. The quantitative estimate of drug-likeness (QED) is 0.622. The van der Waals surface area contributed by atoms with Gasteiger partial charge in [0.25, 0.3) is 0 Å². The first kappa shape index (κ1) is 14.2. The number of rotatable bonds is 7. The zero-order valence-corrected chi connectivity index (χ0v) is 11.6. The lowest BCUT2D eigenvalue weighted by Crippen LogP contribution is -2.19. The van der Waals surface area contributed by atoms with E-state index < -0.39 is 0 Å². The minimum Gasteiger partial charge on any atom is -0.396 e. The molecule has 1 aromatic rings. The summed E-state index contributed by atoms with van der Waals surface area (Å²) in [6.45, 7) is 1.14. The predicted octanol–water partition coefficient (Wildman–Crippen LogP) is 2.86. The number of carbonyl (C=O) groups is 1. The molecule has 0 amide bonds. The van der Waals surface area contributed by atoms with E-state index in [0.717, 1.165) is 42.3 Å². The SMILES string of the molecule is CN(CCCCCO)c1ccc(Br)cc1C=O. The number of aliphatic hydroxyl groups excluding tert-OH is 1. The van der Waals surface area contributed by atoms with E-state index in [1.807, 2.05) is 25.2 Å². The van der Waals surface area contributed by atoms with E-state index in [1.54, 1.807) is 0 Å². The van der Waals surface area contributed by atoms with Crippen molar-refractivity contribution in [1.29, 1.82) is 0 Å². The van der Waals surface area contributed by atoms with E-state index in [1.165, 1.54) is 0 Å². The van der Waals surface area contributed by atoms with Crippen LogP contribution in [-0.4, -0.2) is 31.6 Å². The molecule has 0 heterocycles. The maximum Gasteiger partial charge on any atom is 0.152 e. The summed E-state index contributed by atoms with van der Waals surface area (Å²) >= 11 is 3.35.